The summed E-state index contributed by atoms with van der Waals surface area (Å²) in [5.41, 5.74) is 0.860. The molecule has 1 N–H and O–H groups in total. The molecule has 0 spiro atoms. The van der Waals surface area contributed by atoms with Crippen molar-refractivity contribution in [1.82, 2.24) is 20.2 Å². The summed E-state index contributed by atoms with van der Waals surface area (Å²) < 4.78 is 6.00. The average molecular weight is 381 g/mol. The molecule has 2 unspecified atom stereocenters. The summed E-state index contributed by atoms with van der Waals surface area (Å²) >= 11 is 1.67. The summed E-state index contributed by atoms with van der Waals surface area (Å²) in [6.07, 6.45) is 4.27. The van der Waals surface area contributed by atoms with Crippen molar-refractivity contribution in [2.45, 2.75) is 52.2 Å². The normalized spacial score (nSPS) is 18.3. The van der Waals surface area contributed by atoms with Gasteiger partial charge in [-0.1, -0.05) is 0 Å². The van der Waals surface area contributed by atoms with E-state index in [2.05, 4.69) is 15.3 Å². The van der Waals surface area contributed by atoms with Crippen molar-refractivity contribution in [3.63, 3.8) is 0 Å². The lowest BCUT2D eigenvalue weighted by molar-refractivity contribution is -0.138. The SMILES string of the molecule is CSCCC(NC(C)=O)C(=O)N1CCCC(Oc2cc(C)nc(C)n2)C1. The van der Waals surface area contributed by atoms with Crippen LogP contribution < -0.4 is 10.1 Å². The van der Waals surface area contributed by atoms with Crippen LogP contribution in [0.5, 0.6) is 5.88 Å². The summed E-state index contributed by atoms with van der Waals surface area (Å²) in [5, 5.41) is 2.79. The van der Waals surface area contributed by atoms with Gasteiger partial charge in [-0.05, 0) is 45.1 Å². The number of hydrogen-bond donors (Lipinski definition) is 1. The van der Waals surface area contributed by atoms with Gasteiger partial charge in [0.15, 0.2) is 0 Å². The summed E-state index contributed by atoms with van der Waals surface area (Å²) in [7, 11) is 0. The number of amides is 2. The Labute approximate surface area is 159 Å². The molecule has 2 atom stereocenters. The van der Waals surface area contributed by atoms with Crippen LogP contribution in [0.1, 0.15) is 37.7 Å². The van der Waals surface area contributed by atoms with E-state index in [-0.39, 0.29) is 17.9 Å². The molecular formula is C18H28N4O3S. The topological polar surface area (TPSA) is 84.4 Å². The maximum Gasteiger partial charge on any atom is 0.245 e. The third-order valence-corrected chi connectivity index (χ3v) is 4.85. The van der Waals surface area contributed by atoms with E-state index < -0.39 is 6.04 Å². The molecule has 1 aliphatic rings. The molecule has 0 bridgehead atoms. The van der Waals surface area contributed by atoms with Crippen LogP contribution in [0.4, 0.5) is 0 Å². The van der Waals surface area contributed by atoms with E-state index in [0.29, 0.717) is 31.2 Å². The van der Waals surface area contributed by atoms with Gasteiger partial charge in [-0.15, -0.1) is 0 Å². The van der Waals surface area contributed by atoms with Crippen LogP contribution >= 0.6 is 11.8 Å². The van der Waals surface area contributed by atoms with Crippen molar-refractivity contribution in [3.05, 3.63) is 17.6 Å². The summed E-state index contributed by atoms with van der Waals surface area (Å²) in [6.45, 7) is 6.38. The molecule has 2 heterocycles. The first-order valence-corrected chi connectivity index (χ1v) is 10.3. The first-order chi connectivity index (χ1) is 12.4. The van der Waals surface area contributed by atoms with E-state index in [4.69, 9.17) is 4.74 Å². The van der Waals surface area contributed by atoms with E-state index in [1.807, 2.05) is 26.2 Å². The Kier molecular flexibility index (Phi) is 7.68. The average Bonchev–Trinajstić information content (AvgIpc) is 2.57. The first-order valence-electron chi connectivity index (χ1n) is 8.92. The number of aryl methyl sites for hydroxylation is 2. The van der Waals surface area contributed by atoms with Crippen molar-refractivity contribution in [3.8, 4) is 5.88 Å². The summed E-state index contributed by atoms with van der Waals surface area (Å²) in [4.78, 5) is 34.7. The molecule has 0 saturated carbocycles. The monoisotopic (exact) mass is 380 g/mol. The number of thioether (sulfide) groups is 1. The second kappa shape index (κ2) is 9.75. The molecule has 0 aromatic carbocycles. The van der Waals surface area contributed by atoms with Crippen molar-refractivity contribution < 1.29 is 14.3 Å². The van der Waals surface area contributed by atoms with E-state index in [1.54, 1.807) is 16.7 Å². The zero-order valence-electron chi connectivity index (χ0n) is 15.9. The fourth-order valence-electron chi connectivity index (χ4n) is 3.11. The molecule has 26 heavy (non-hydrogen) atoms. The van der Waals surface area contributed by atoms with Gasteiger partial charge in [0, 0.05) is 25.2 Å². The minimum absolute atomic E-state index is 0.0300. The molecule has 0 aliphatic carbocycles. The minimum atomic E-state index is -0.470. The maximum atomic E-state index is 12.9. The largest absolute Gasteiger partial charge is 0.472 e. The quantitative estimate of drug-likeness (QED) is 0.775. The van der Waals surface area contributed by atoms with Crippen molar-refractivity contribution >= 4 is 23.6 Å². The van der Waals surface area contributed by atoms with Crippen LogP contribution in [-0.2, 0) is 9.59 Å². The smallest absolute Gasteiger partial charge is 0.245 e. The highest BCUT2D eigenvalue weighted by Crippen LogP contribution is 2.19. The third kappa shape index (κ3) is 6.16. The number of carbonyl (C=O) groups is 2. The van der Waals surface area contributed by atoms with Crippen molar-refractivity contribution in [1.29, 1.82) is 0 Å². The van der Waals surface area contributed by atoms with Crippen LogP contribution in [0.3, 0.4) is 0 Å². The van der Waals surface area contributed by atoms with Crippen molar-refractivity contribution in [2.24, 2.45) is 0 Å². The number of piperidine rings is 1. The van der Waals surface area contributed by atoms with Gasteiger partial charge >= 0.3 is 0 Å². The molecule has 1 saturated heterocycles. The summed E-state index contributed by atoms with van der Waals surface area (Å²) in [5.74, 6) is 1.84. The molecule has 0 radical (unpaired) electrons. The Hall–Kier alpha value is -1.83. The lowest BCUT2D eigenvalue weighted by Gasteiger charge is -2.35. The van der Waals surface area contributed by atoms with Crippen LogP contribution in [0.25, 0.3) is 0 Å². The number of hydrogen-bond acceptors (Lipinski definition) is 6. The number of rotatable bonds is 7. The van der Waals surface area contributed by atoms with E-state index in [1.165, 1.54) is 6.92 Å². The molecular weight excluding hydrogens is 352 g/mol. The molecule has 2 amide bonds. The van der Waals surface area contributed by atoms with E-state index in [9.17, 15) is 9.59 Å². The van der Waals surface area contributed by atoms with Gasteiger partial charge in [0.05, 0.1) is 6.54 Å². The predicted octanol–water partition coefficient (Wildman–Crippen LogP) is 1.72. The van der Waals surface area contributed by atoms with Gasteiger partial charge in [0.2, 0.25) is 17.7 Å². The molecule has 2 rings (SSSR count). The predicted molar refractivity (Wildman–Crippen MR) is 102 cm³/mol. The number of ether oxygens (including phenoxy) is 1. The highest BCUT2D eigenvalue weighted by molar-refractivity contribution is 7.98. The molecule has 7 nitrogen and oxygen atoms in total. The zero-order chi connectivity index (χ0) is 19.1. The number of nitrogens with one attached hydrogen (secondary N) is 1. The molecule has 8 heteroatoms. The fourth-order valence-corrected chi connectivity index (χ4v) is 3.58. The number of aromatic nitrogens is 2. The van der Waals surface area contributed by atoms with Gasteiger partial charge in [-0.3, -0.25) is 9.59 Å². The van der Waals surface area contributed by atoms with E-state index in [0.717, 1.165) is 24.3 Å². The Morgan fingerprint density at radius 1 is 1.42 bits per heavy atom. The van der Waals surface area contributed by atoms with Gasteiger partial charge in [-0.25, -0.2) is 4.98 Å². The molecule has 1 aromatic rings. The van der Waals surface area contributed by atoms with Crippen LogP contribution in [0.15, 0.2) is 6.07 Å². The molecule has 1 aliphatic heterocycles. The number of carbonyl (C=O) groups excluding carboxylic acids is 2. The fraction of sp³-hybridized carbons (Fsp3) is 0.667. The Morgan fingerprint density at radius 2 is 2.19 bits per heavy atom. The van der Waals surface area contributed by atoms with Crippen LogP contribution in [0, 0.1) is 13.8 Å². The second-order valence-corrected chi connectivity index (χ2v) is 7.58. The second-order valence-electron chi connectivity index (χ2n) is 6.60. The Morgan fingerprint density at radius 3 is 2.85 bits per heavy atom. The lowest BCUT2D eigenvalue weighted by atomic mass is 10.1. The van der Waals surface area contributed by atoms with E-state index >= 15 is 0 Å². The third-order valence-electron chi connectivity index (χ3n) is 4.21. The van der Waals surface area contributed by atoms with Crippen LogP contribution in [0.2, 0.25) is 0 Å². The number of likely N-dealkylation sites (tertiary alicyclic amines) is 1. The highest BCUT2D eigenvalue weighted by atomic mass is 32.2. The standard InChI is InChI=1S/C18H28N4O3S/c1-12-10-17(20-13(2)19-12)25-15-6-5-8-22(11-15)18(24)16(7-9-26-4)21-14(3)23/h10,15-16H,5-9,11H2,1-4H3,(H,21,23). The maximum absolute atomic E-state index is 12.9. The molecule has 1 fully saturated rings. The van der Waals surface area contributed by atoms with Crippen molar-refractivity contribution in [2.75, 3.05) is 25.1 Å². The highest BCUT2D eigenvalue weighted by Gasteiger charge is 2.30. The Balaban J connectivity index is 2.00. The van der Waals surface area contributed by atoms with Crippen LogP contribution in [-0.4, -0.2) is 63.9 Å². The van der Waals surface area contributed by atoms with Gasteiger partial charge in [0.1, 0.15) is 18.0 Å². The van der Waals surface area contributed by atoms with Gasteiger partial charge in [-0.2, -0.15) is 16.7 Å². The zero-order valence-corrected chi connectivity index (χ0v) is 16.8. The summed E-state index contributed by atoms with van der Waals surface area (Å²) in [6, 6.07) is 1.34. The molecule has 144 valence electrons. The molecule has 1 aromatic heterocycles. The lowest BCUT2D eigenvalue weighted by Crippen LogP contribution is -2.53. The van der Waals surface area contributed by atoms with Gasteiger partial charge < -0.3 is 15.0 Å². The minimum Gasteiger partial charge on any atom is -0.472 e. The number of nitrogens with zero attached hydrogens (tertiary/aromatic N) is 3. The van der Waals surface area contributed by atoms with Gasteiger partial charge in [0.25, 0.3) is 0 Å². The Bertz CT molecular complexity index is 621. The first kappa shape index (κ1) is 20.5.